The second-order valence-electron chi connectivity index (χ2n) is 6.66. The first-order valence-corrected chi connectivity index (χ1v) is 10.3. The molecule has 3 aromatic rings. The molecule has 1 aromatic carbocycles. The molecule has 0 atom stereocenters. The van der Waals surface area contributed by atoms with Crippen LogP contribution in [0.2, 0.25) is 0 Å². The van der Waals surface area contributed by atoms with Gasteiger partial charge in [-0.05, 0) is 56.4 Å². The highest BCUT2D eigenvalue weighted by molar-refractivity contribution is 8.27. The van der Waals surface area contributed by atoms with Crippen LogP contribution >= 0.6 is 24.0 Å². The maximum Gasteiger partial charge on any atom is 0.338 e. The SMILES string of the molecule is COC(=O)c1ccccc1-c1ccc(/C=C2/SC(=S)N(n3c(C)ccc3C)C2=O)o1. The first-order valence-electron chi connectivity index (χ1n) is 9.11. The number of methoxy groups -OCH3 is 1. The number of esters is 1. The minimum absolute atomic E-state index is 0.208. The molecule has 3 heterocycles. The molecule has 0 N–H and O–H groups in total. The standard InChI is InChI=1S/C22H18N2O4S2/c1-13-8-9-14(2)23(13)24-20(25)19(30-22(24)29)12-15-10-11-18(28-15)16-6-4-5-7-17(16)21(26)27-3/h4-12H,1-3H3/b19-12+. The molecule has 0 unspecified atom stereocenters. The summed E-state index contributed by atoms with van der Waals surface area (Å²) in [4.78, 5) is 25.5. The summed E-state index contributed by atoms with van der Waals surface area (Å²) in [5.74, 6) is 0.350. The number of ether oxygens (including phenoxy) is 1. The number of rotatable bonds is 4. The van der Waals surface area contributed by atoms with Crippen molar-refractivity contribution in [2.24, 2.45) is 0 Å². The zero-order valence-corrected chi connectivity index (χ0v) is 18.2. The maximum atomic E-state index is 13.0. The summed E-state index contributed by atoms with van der Waals surface area (Å²) >= 11 is 6.67. The molecule has 0 saturated carbocycles. The zero-order valence-electron chi connectivity index (χ0n) is 16.5. The quantitative estimate of drug-likeness (QED) is 0.335. The number of amides is 1. The molecular weight excluding hydrogens is 420 g/mol. The predicted molar refractivity (Wildman–Crippen MR) is 121 cm³/mol. The summed E-state index contributed by atoms with van der Waals surface area (Å²) < 4.78 is 13.0. The van der Waals surface area contributed by atoms with Crippen molar-refractivity contribution in [3.63, 3.8) is 0 Å². The molecule has 1 amide bonds. The maximum absolute atomic E-state index is 13.0. The van der Waals surface area contributed by atoms with E-state index in [4.69, 9.17) is 21.4 Å². The van der Waals surface area contributed by atoms with Crippen LogP contribution in [0.25, 0.3) is 17.4 Å². The molecule has 1 aliphatic rings. The van der Waals surface area contributed by atoms with Crippen molar-refractivity contribution in [3.05, 3.63) is 76.1 Å². The van der Waals surface area contributed by atoms with Gasteiger partial charge in [0.1, 0.15) is 11.5 Å². The number of nitrogens with zero attached hydrogens (tertiary/aromatic N) is 2. The van der Waals surface area contributed by atoms with E-state index in [1.807, 2.05) is 32.0 Å². The molecule has 6 nitrogen and oxygen atoms in total. The Balaban J connectivity index is 1.65. The minimum Gasteiger partial charge on any atom is -0.465 e. The van der Waals surface area contributed by atoms with Crippen LogP contribution in [0.15, 0.2) is 57.9 Å². The average molecular weight is 439 g/mol. The van der Waals surface area contributed by atoms with Gasteiger partial charge in [0.25, 0.3) is 5.91 Å². The zero-order chi connectivity index (χ0) is 21.4. The molecule has 1 fully saturated rings. The van der Waals surface area contributed by atoms with Crippen LogP contribution in [0.4, 0.5) is 0 Å². The van der Waals surface area contributed by atoms with Crippen LogP contribution in [0.1, 0.15) is 27.5 Å². The molecular formula is C22H18N2O4S2. The van der Waals surface area contributed by atoms with Gasteiger partial charge in [-0.15, -0.1) is 0 Å². The Labute approximate surface area is 183 Å². The van der Waals surface area contributed by atoms with Crippen LogP contribution in [0.5, 0.6) is 0 Å². The fourth-order valence-electron chi connectivity index (χ4n) is 3.30. The Morgan fingerprint density at radius 1 is 1.10 bits per heavy atom. The number of thiocarbonyl (C=S) groups is 1. The van der Waals surface area contributed by atoms with E-state index in [1.54, 1.807) is 41.1 Å². The van der Waals surface area contributed by atoms with Gasteiger partial charge in [0.15, 0.2) is 4.32 Å². The van der Waals surface area contributed by atoms with Gasteiger partial charge in [-0.3, -0.25) is 9.47 Å². The van der Waals surface area contributed by atoms with E-state index < -0.39 is 5.97 Å². The van der Waals surface area contributed by atoms with Crippen molar-refractivity contribution in [2.45, 2.75) is 13.8 Å². The number of carbonyl (C=O) groups is 2. The van der Waals surface area contributed by atoms with Crippen LogP contribution in [0, 0.1) is 13.8 Å². The summed E-state index contributed by atoms with van der Waals surface area (Å²) in [6.07, 6.45) is 1.66. The number of hydrogen-bond acceptors (Lipinski definition) is 6. The molecule has 152 valence electrons. The first-order chi connectivity index (χ1) is 14.4. The molecule has 8 heteroatoms. The highest BCUT2D eigenvalue weighted by Crippen LogP contribution is 2.34. The fraction of sp³-hybridized carbons (Fsp3) is 0.136. The first kappa shape index (κ1) is 20.2. The van der Waals surface area contributed by atoms with Gasteiger partial charge in [0.2, 0.25) is 0 Å². The van der Waals surface area contributed by atoms with Crippen molar-refractivity contribution >= 4 is 46.3 Å². The Morgan fingerprint density at radius 2 is 1.80 bits per heavy atom. The lowest BCUT2D eigenvalue weighted by Crippen LogP contribution is -2.39. The molecule has 0 aliphatic carbocycles. The molecule has 2 aromatic heterocycles. The number of furan rings is 1. The Bertz CT molecular complexity index is 1190. The van der Waals surface area contributed by atoms with E-state index in [1.165, 1.54) is 23.9 Å². The number of thioether (sulfide) groups is 1. The summed E-state index contributed by atoms with van der Waals surface area (Å²) in [6.45, 7) is 3.85. The second kappa shape index (κ2) is 7.97. The average Bonchev–Trinajstić information content (AvgIpc) is 3.41. The molecule has 0 radical (unpaired) electrons. The van der Waals surface area contributed by atoms with Crippen molar-refractivity contribution in [1.82, 2.24) is 4.68 Å². The predicted octanol–water partition coefficient (Wildman–Crippen LogP) is 4.69. The van der Waals surface area contributed by atoms with Crippen molar-refractivity contribution in [2.75, 3.05) is 12.1 Å². The van der Waals surface area contributed by atoms with Gasteiger partial charge in [-0.2, -0.15) is 5.01 Å². The van der Waals surface area contributed by atoms with Crippen LogP contribution < -0.4 is 5.01 Å². The third kappa shape index (κ3) is 3.48. The topological polar surface area (TPSA) is 64.7 Å². The Morgan fingerprint density at radius 3 is 2.50 bits per heavy atom. The minimum atomic E-state index is -0.443. The lowest BCUT2D eigenvalue weighted by Gasteiger charge is -2.20. The molecule has 30 heavy (non-hydrogen) atoms. The van der Waals surface area contributed by atoms with Gasteiger partial charge in [-0.1, -0.05) is 30.0 Å². The molecule has 1 aliphatic heterocycles. The number of hydrogen-bond donors (Lipinski definition) is 0. The van der Waals surface area contributed by atoms with Gasteiger partial charge < -0.3 is 9.15 Å². The number of aryl methyl sites for hydroxylation is 2. The van der Waals surface area contributed by atoms with Crippen LogP contribution in [0.3, 0.4) is 0 Å². The Kier molecular flexibility index (Phi) is 5.36. The molecule has 4 rings (SSSR count). The van der Waals surface area contributed by atoms with Gasteiger partial charge in [0, 0.05) is 23.0 Å². The number of aromatic nitrogens is 1. The van der Waals surface area contributed by atoms with Crippen molar-refractivity contribution < 1.29 is 18.7 Å². The van der Waals surface area contributed by atoms with Crippen LogP contribution in [-0.2, 0) is 9.53 Å². The van der Waals surface area contributed by atoms with E-state index in [0.29, 0.717) is 31.9 Å². The fourth-order valence-corrected chi connectivity index (χ4v) is 4.52. The highest BCUT2D eigenvalue weighted by Gasteiger charge is 2.35. The van der Waals surface area contributed by atoms with E-state index >= 15 is 0 Å². The monoisotopic (exact) mass is 438 g/mol. The van der Waals surface area contributed by atoms with Crippen LogP contribution in [-0.4, -0.2) is 28.0 Å². The van der Waals surface area contributed by atoms with Gasteiger partial charge in [0.05, 0.1) is 17.6 Å². The summed E-state index contributed by atoms with van der Waals surface area (Å²) in [5, 5.41) is 1.49. The van der Waals surface area contributed by atoms with E-state index in [2.05, 4.69) is 0 Å². The summed E-state index contributed by atoms with van der Waals surface area (Å²) in [5.41, 5.74) is 2.87. The third-order valence-corrected chi connectivity index (χ3v) is 5.99. The number of benzene rings is 1. The molecule has 0 spiro atoms. The van der Waals surface area contributed by atoms with E-state index in [-0.39, 0.29) is 5.91 Å². The van der Waals surface area contributed by atoms with E-state index in [9.17, 15) is 9.59 Å². The van der Waals surface area contributed by atoms with E-state index in [0.717, 1.165) is 11.4 Å². The van der Waals surface area contributed by atoms with Gasteiger partial charge >= 0.3 is 5.97 Å². The lowest BCUT2D eigenvalue weighted by molar-refractivity contribution is -0.114. The normalized spacial score (nSPS) is 15.3. The molecule has 1 saturated heterocycles. The third-order valence-electron chi connectivity index (χ3n) is 4.71. The van der Waals surface area contributed by atoms with Gasteiger partial charge in [-0.25, -0.2) is 4.79 Å². The largest absolute Gasteiger partial charge is 0.465 e. The smallest absolute Gasteiger partial charge is 0.338 e. The number of carbonyl (C=O) groups excluding carboxylic acids is 2. The summed E-state index contributed by atoms with van der Waals surface area (Å²) in [7, 11) is 1.34. The lowest BCUT2D eigenvalue weighted by atomic mass is 10.1. The van der Waals surface area contributed by atoms with Crippen molar-refractivity contribution in [3.8, 4) is 11.3 Å². The van der Waals surface area contributed by atoms with Crippen molar-refractivity contribution in [1.29, 1.82) is 0 Å². The summed E-state index contributed by atoms with van der Waals surface area (Å²) in [6, 6.07) is 14.4. The molecule has 0 bridgehead atoms. The Hall–Kier alpha value is -3.10. The second-order valence-corrected chi connectivity index (χ2v) is 8.34. The highest BCUT2D eigenvalue weighted by atomic mass is 32.2.